The summed E-state index contributed by atoms with van der Waals surface area (Å²) < 4.78 is 38.2. The van der Waals surface area contributed by atoms with Crippen LogP contribution in [0.3, 0.4) is 0 Å². The molecule has 0 aliphatic rings. The van der Waals surface area contributed by atoms with Crippen LogP contribution in [0.1, 0.15) is 12.5 Å². The van der Waals surface area contributed by atoms with Gasteiger partial charge < -0.3 is 16.4 Å². The highest BCUT2D eigenvalue weighted by molar-refractivity contribution is 5.77. The Balaban J connectivity index is 2.47. The van der Waals surface area contributed by atoms with Gasteiger partial charge in [-0.1, -0.05) is 12.2 Å². The van der Waals surface area contributed by atoms with E-state index in [1.807, 2.05) is 6.92 Å². The molecule has 4 N–H and O–H groups in total. The second kappa shape index (κ2) is 7.51. The zero-order chi connectivity index (χ0) is 15.9. The fourth-order valence-electron chi connectivity index (χ4n) is 1.42. The van der Waals surface area contributed by atoms with E-state index >= 15 is 0 Å². The molecule has 0 bridgehead atoms. The number of aromatic nitrogens is 1. The van der Waals surface area contributed by atoms with Crippen molar-refractivity contribution in [2.24, 2.45) is 10.7 Å². The average molecular weight is 301 g/mol. The monoisotopic (exact) mass is 301 g/mol. The first kappa shape index (κ1) is 16.8. The van der Waals surface area contributed by atoms with Gasteiger partial charge in [-0.3, -0.25) is 0 Å². The van der Waals surface area contributed by atoms with Crippen molar-refractivity contribution >= 4 is 11.8 Å². The Labute approximate surface area is 121 Å². The second-order valence-electron chi connectivity index (χ2n) is 4.41. The lowest BCUT2D eigenvalue weighted by Gasteiger charge is -2.13. The molecule has 0 fully saturated rings. The summed E-state index contributed by atoms with van der Waals surface area (Å²) in [6.45, 7) is 6.45. The molecule has 0 aliphatic carbocycles. The van der Waals surface area contributed by atoms with Crippen molar-refractivity contribution in [3.63, 3.8) is 0 Å². The number of hydrogen-bond acceptors (Lipinski definition) is 3. The minimum atomic E-state index is -4.44. The number of nitrogens with two attached hydrogens (primary N) is 1. The maximum Gasteiger partial charge on any atom is 0.419 e. The number of alkyl halides is 3. The number of guanidine groups is 1. The van der Waals surface area contributed by atoms with Crippen LogP contribution in [-0.2, 0) is 6.18 Å². The third-order valence-corrected chi connectivity index (χ3v) is 2.36. The number of anilines is 1. The van der Waals surface area contributed by atoms with Crippen molar-refractivity contribution < 1.29 is 13.2 Å². The van der Waals surface area contributed by atoms with Gasteiger partial charge in [0, 0.05) is 19.3 Å². The molecule has 1 rings (SSSR count). The van der Waals surface area contributed by atoms with E-state index < -0.39 is 11.7 Å². The van der Waals surface area contributed by atoms with Crippen LogP contribution in [0.2, 0.25) is 0 Å². The SMILES string of the molecule is C=C(C)CN=C(N)NCCNc1ncccc1C(F)(F)F. The largest absolute Gasteiger partial charge is 0.419 e. The van der Waals surface area contributed by atoms with Gasteiger partial charge in [-0.15, -0.1) is 0 Å². The minimum Gasteiger partial charge on any atom is -0.370 e. The molecule has 0 aliphatic heterocycles. The Hall–Kier alpha value is -2.25. The van der Waals surface area contributed by atoms with Crippen molar-refractivity contribution in [2.75, 3.05) is 25.0 Å². The summed E-state index contributed by atoms with van der Waals surface area (Å²) in [5, 5.41) is 5.40. The first-order valence-corrected chi connectivity index (χ1v) is 6.25. The topological polar surface area (TPSA) is 75.3 Å². The Morgan fingerprint density at radius 3 is 2.76 bits per heavy atom. The molecule has 5 nitrogen and oxygen atoms in total. The molecule has 0 amide bonds. The van der Waals surface area contributed by atoms with Crippen LogP contribution in [0.15, 0.2) is 35.5 Å². The second-order valence-corrected chi connectivity index (χ2v) is 4.41. The number of hydrogen-bond donors (Lipinski definition) is 3. The molecular weight excluding hydrogens is 283 g/mol. The van der Waals surface area contributed by atoms with Gasteiger partial charge in [0.15, 0.2) is 5.96 Å². The molecule has 0 atom stereocenters. The normalized spacial score (nSPS) is 12.1. The first-order chi connectivity index (χ1) is 9.80. The minimum absolute atomic E-state index is 0.204. The predicted octanol–water partition coefficient (Wildman–Crippen LogP) is 1.99. The molecule has 1 aromatic heterocycles. The van der Waals surface area contributed by atoms with Gasteiger partial charge >= 0.3 is 6.18 Å². The van der Waals surface area contributed by atoms with Crippen molar-refractivity contribution in [1.29, 1.82) is 0 Å². The lowest BCUT2D eigenvalue weighted by Crippen LogP contribution is -2.35. The van der Waals surface area contributed by atoms with E-state index in [0.717, 1.165) is 11.6 Å². The highest BCUT2D eigenvalue weighted by atomic mass is 19.4. The van der Waals surface area contributed by atoms with Crippen molar-refractivity contribution in [3.8, 4) is 0 Å². The molecule has 0 radical (unpaired) electrons. The summed E-state index contributed by atoms with van der Waals surface area (Å²) in [6.07, 6.45) is -3.14. The summed E-state index contributed by atoms with van der Waals surface area (Å²) in [7, 11) is 0. The van der Waals surface area contributed by atoms with Gasteiger partial charge in [-0.2, -0.15) is 13.2 Å². The fraction of sp³-hybridized carbons (Fsp3) is 0.385. The average Bonchev–Trinajstić information content (AvgIpc) is 2.40. The van der Waals surface area contributed by atoms with E-state index in [9.17, 15) is 13.2 Å². The maximum absolute atomic E-state index is 12.7. The summed E-state index contributed by atoms with van der Waals surface area (Å²) in [4.78, 5) is 7.67. The maximum atomic E-state index is 12.7. The van der Waals surface area contributed by atoms with Crippen LogP contribution in [0.25, 0.3) is 0 Å². The van der Waals surface area contributed by atoms with E-state index in [-0.39, 0.29) is 18.3 Å². The van der Waals surface area contributed by atoms with Gasteiger partial charge in [-0.05, 0) is 19.1 Å². The van der Waals surface area contributed by atoms with Crippen LogP contribution in [0, 0.1) is 0 Å². The number of aliphatic imine (C=N–C) groups is 1. The highest BCUT2D eigenvalue weighted by Crippen LogP contribution is 2.33. The number of nitrogens with one attached hydrogen (secondary N) is 2. The number of pyridine rings is 1. The lowest BCUT2D eigenvalue weighted by molar-refractivity contribution is -0.137. The lowest BCUT2D eigenvalue weighted by atomic mass is 10.2. The standard InChI is InChI=1S/C13H18F3N5/c1-9(2)8-21-12(17)20-7-6-19-11-10(13(14,15)16)4-3-5-18-11/h3-5H,1,6-8H2,2H3,(H,18,19)(H3,17,20,21). The number of rotatable bonds is 6. The molecule has 1 heterocycles. The van der Waals surface area contributed by atoms with Gasteiger partial charge in [-0.25, -0.2) is 9.98 Å². The van der Waals surface area contributed by atoms with Crippen molar-refractivity contribution in [2.45, 2.75) is 13.1 Å². The van der Waals surface area contributed by atoms with Crippen LogP contribution >= 0.6 is 0 Å². The molecule has 1 aromatic rings. The number of nitrogens with zero attached hydrogens (tertiary/aromatic N) is 2. The molecular formula is C13H18F3N5. The van der Waals surface area contributed by atoms with E-state index in [2.05, 4.69) is 27.2 Å². The highest BCUT2D eigenvalue weighted by Gasteiger charge is 2.33. The summed E-state index contributed by atoms with van der Waals surface area (Å²) in [5.74, 6) is 0.0149. The van der Waals surface area contributed by atoms with E-state index in [1.54, 1.807) is 0 Å². The first-order valence-electron chi connectivity index (χ1n) is 6.25. The van der Waals surface area contributed by atoms with Crippen LogP contribution in [0.4, 0.5) is 19.0 Å². The quantitative estimate of drug-likeness (QED) is 0.325. The van der Waals surface area contributed by atoms with E-state index in [4.69, 9.17) is 5.73 Å². The Morgan fingerprint density at radius 1 is 1.43 bits per heavy atom. The summed E-state index contributed by atoms with van der Waals surface area (Å²) >= 11 is 0. The third kappa shape index (κ3) is 6.15. The van der Waals surface area contributed by atoms with E-state index in [0.29, 0.717) is 13.1 Å². The summed E-state index contributed by atoms with van der Waals surface area (Å²) in [6, 6.07) is 2.22. The van der Waals surface area contributed by atoms with Gasteiger partial charge in [0.25, 0.3) is 0 Å². The fourth-order valence-corrected chi connectivity index (χ4v) is 1.42. The Kier molecular flexibility index (Phi) is 6.01. The molecule has 0 unspecified atom stereocenters. The number of halogens is 3. The molecule has 0 saturated carbocycles. The van der Waals surface area contributed by atoms with Crippen molar-refractivity contribution in [3.05, 3.63) is 36.0 Å². The van der Waals surface area contributed by atoms with Crippen LogP contribution < -0.4 is 16.4 Å². The van der Waals surface area contributed by atoms with Gasteiger partial charge in [0.05, 0.1) is 12.1 Å². The Bertz CT molecular complexity index is 511. The van der Waals surface area contributed by atoms with Gasteiger partial charge in [0.2, 0.25) is 0 Å². The van der Waals surface area contributed by atoms with Gasteiger partial charge in [0.1, 0.15) is 5.82 Å². The predicted molar refractivity (Wildman–Crippen MR) is 77.0 cm³/mol. The molecule has 0 saturated heterocycles. The third-order valence-electron chi connectivity index (χ3n) is 2.36. The molecule has 21 heavy (non-hydrogen) atoms. The molecule has 116 valence electrons. The molecule has 0 aromatic carbocycles. The molecule has 0 spiro atoms. The Morgan fingerprint density at radius 2 is 2.14 bits per heavy atom. The summed E-state index contributed by atoms with van der Waals surface area (Å²) in [5.41, 5.74) is 5.64. The smallest absolute Gasteiger partial charge is 0.370 e. The van der Waals surface area contributed by atoms with E-state index in [1.165, 1.54) is 12.3 Å². The van der Waals surface area contributed by atoms with Crippen LogP contribution in [-0.4, -0.2) is 30.6 Å². The van der Waals surface area contributed by atoms with Crippen molar-refractivity contribution in [1.82, 2.24) is 10.3 Å². The van der Waals surface area contributed by atoms with Crippen LogP contribution in [0.5, 0.6) is 0 Å². The molecule has 8 heteroatoms. The zero-order valence-corrected chi connectivity index (χ0v) is 11.7. The zero-order valence-electron chi connectivity index (χ0n) is 11.7.